The number of carbonyl (C=O) groups is 1. The van der Waals surface area contributed by atoms with Crippen molar-refractivity contribution in [2.45, 2.75) is 64.0 Å². The van der Waals surface area contributed by atoms with Crippen LogP contribution in [0.1, 0.15) is 61.4 Å². The normalized spacial score (nSPS) is 20.9. The quantitative estimate of drug-likeness (QED) is 0.454. The lowest BCUT2D eigenvalue weighted by Gasteiger charge is -2.29. The largest absolute Gasteiger partial charge is 0.508 e. The maximum absolute atomic E-state index is 13.1. The molecule has 1 heterocycles. The van der Waals surface area contributed by atoms with Crippen LogP contribution >= 0.6 is 0 Å². The summed E-state index contributed by atoms with van der Waals surface area (Å²) in [6.07, 6.45) is 8.50. The first-order chi connectivity index (χ1) is 15.5. The lowest BCUT2D eigenvalue weighted by Crippen LogP contribution is -2.33. The van der Waals surface area contributed by atoms with E-state index in [9.17, 15) is 9.90 Å². The van der Waals surface area contributed by atoms with Crippen LogP contribution in [0.4, 0.5) is 5.69 Å². The van der Waals surface area contributed by atoms with Crippen molar-refractivity contribution in [3.8, 4) is 16.9 Å². The van der Waals surface area contributed by atoms with Gasteiger partial charge >= 0.3 is 0 Å². The first-order valence-electron chi connectivity index (χ1n) is 11.8. The fourth-order valence-electron chi connectivity index (χ4n) is 4.79. The Morgan fingerprint density at radius 1 is 1.06 bits per heavy atom. The van der Waals surface area contributed by atoms with E-state index in [1.807, 2.05) is 37.3 Å². The Morgan fingerprint density at radius 3 is 2.47 bits per heavy atom. The average Bonchev–Trinajstić information content (AvgIpc) is 3.65. The zero-order valence-corrected chi connectivity index (χ0v) is 18.6. The van der Waals surface area contributed by atoms with E-state index in [1.54, 1.807) is 6.20 Å². The molecule has 1 aromatic heterocycles. The Balaban J connectivity index is 1.59. The summed E-state index contributed by atoms with van der Waals surface area (Å²) in [7, 11) is 0. The Morgan fingerprint density at radius 2 is 1.78 bits per heavy atom. The molecule has 5 nitrogen and oxygen atoms in total. The number of nitrogens with one attached hydrogen (secondary N) is 1. The highest BCUT2D eigenvalue weighted by Crippen LogP contribution is 2.39. The predicted molar refractivity (Wildman–Crippen MR) is 129 cm³/mol. The average molecular weight is 430 g/mol. The molecular formula is C27H31N3O2. The number of phenolic OH excluding ortho intramolecular Hbond substituents is 1. The number of hydrogen-bond donors (Lipinski definition) is 3. The van der Waals surface area contributed by atoms with Crippen LogP contribution < -0.4 is 11.1 Å². The minimum Gasteiger partial charge on any atom is -0.508 e. The fraction of sp³-hybridized carbons (Fsp3) is 0.407. The third-order valence-electron chi connectivity index (χ3n) is 7.00. The van der Waals surface area contributed by atoms with Gasteiger partial charge in [0.1, 0.15) is 5.75 Å². The van der Waals surface area contributed by atoms with Gasteiger partial charge in [0, 0.05) is 29.6 Å². The second kappa shape index (κ2) is 8.55. The van der Waals surface area contributed by atoms with Crippen LogP contribution in [0.2, 0.25) is 0 Å². The molecule has 0 saturated heterocycles. The summed E-state index contributed by atoms with van der Waals surface area (Å²) >= 11 is 0. The molecule has 32 heavy (non-hydrogen) atoms. The van der Waals surface area contributed by atoms with Crippen LogP contribution in [0.25, 0.3) is 22.0 Å². The smallest absolute Gasteiger partial charge is 0.169 e. The molecule has 0 bridgehead atoms. The monoisotopic (exact) mass is 429 g/mol. The van der Waals surface area contributed by atoms with Gasteiger partial charge in [-0.15, -0.1) is 0 Å². The number of nitrogens with zero attached hydrogens (tertiary/aromatic N) is 1. The van der Waals surface area contributed by atoms with Gasteiger partial charge in [-0.25, -0.2) is 0 Å². The first-order valence-corrected chi connectivity index (χ1v) is 11.8. The molecule has 4 N–H and O–H groups in total. The number of aromatic hydroxyl groups is 1. The van der Waals surface area contributed by atoms with Crippen LogP contribution in [0.3, 0.4) is 0 Å². The molecule has 166 valence electrons. The first kappa shape index (κ1) is 21.0. The number of hydrogen-bond acceptors (Lipinski definition) is 5. The summed E-state index contributed by atoms with van der Waals surface area (Å²) in [6, 6.07) is 12.6. The summed E-state index contributed by atoms with van der Waals surface area (Å²) < 4.78 is 0. The number of pyridine rings is 1. The number of nitrogens with two attached hydrogens (primary N) is 1. The van der Waals surface area contributed by atoms with Crippen molar-refractivity contribution in [2.75, 3.05) is 5.32 Å². The Hall–Kier alpha value is -2.92. The molecule has 0 aliphatic heterocycles. The number of aromatic nitrogens is 1. The van der Waals surface area contributed by atoms with Crippen molar-refractivity contribution in [1.29, 1.82) is 0 Å². The third kappa shape index (κ3) is 4.09. The van der Waals surface area contributed by atoms with E-state index in [-0.39, 0.29) is 17.7 Å². The lowest BCUT2D eigenvalue weighted by atomic mass is 9.91. The van der Waals surface area contributed by atoms with Gasteiger partial charge in [-0.3, -0.25) is 9.78 Å². The molecule has 0 atom stereocenters. The van der Waals surface area contributed by atoms with Gasteiger partial charge in [0.2, 0.25) is 0 Å². The predicted octanol–water partition coefficient (Wildman–Crippen LogP) is 5.44. The van der Waals surface area contributed by atoms with Crippen molar-refractivity contribution in [3.63, 3.8) is 0 Å². The molecule has 5 rings (SSSR count). The zero-order chi connectivity index (χ0) is 22.2. The number of benzene rings is 2. The minimum absolute atomic E-state index is 0.135. The second-order valence-electron chi connectivity index (χ2n) is 9.37. The molecule has 2 aliphatic rings. The summed E-state index contributed by atoms with van der Waals surface area (Å²) in [5, 5.41) is 15.0. The number of aryl methyl sites for hydroxylation is 1. The standard InChI is InChI=1S/C27H31N3O2/c1-2-16-3-6-19(14-25(16)31)18-7-12-24-22(13-18)26(30-21-10-8-20(28)9-11-21)23(15-29-24)27(32)17-4-5-17/h3,6-7,12-15,17,20-21,31H,2,4-5,8-11,28H2,1H3,(H,29,30). The highest BCUT2D eigenvalue weighted by Gasteiger charge is 2.33. The summed E-state index contributed by atoms with van der Waals surface area (Å²) in [6.45, 7) is 2.03. The number of carbonyl (C=O) groups excluding carboxylic acids is 1. The number of anilines is 1. The summed E-state index contributed by atoms with van der Waals surface area (Å²) in [5.41, 5.74) is 11.5. The van der Waals surface area contributed by atoms with Gasteiger partial charge in [0.05, 0.1) is 16.8 Å². The Labute approximate surface area is 189 Å². The molecule has 0 unspecified atom stereocenters. The maximum Gasteiger partial charge on any atom is 0.169 e. The molecular weight excluding hydrogens is 398 g/mol. The molecule has 0 spiro atoms. The molecule has 5 heteroatoms. The molecule has 2 aromatic carbocycles. The van der Waals surface area contributed by atoms with Gasteiger partial charge in [-0.2, -0.15) is 0 Å². The van der Waals surface area contributed by atoms with Gasteiger partial charge in [-0.05, 0) is 79.8 Å². The van der Waals surface area contributed by atoms with Crippen molar-refractivity contribution >= 4 is 22.4 Å². The number of rotatable bonds is 6. The number of Topliss-reactive ketones (excluding diaryl/α,β-unsaturated/α-hetero) is 1. The Bertz CT molecular complexity index is 1160. The van der Waals surface area contributed by atoms with Gasteiger partial charge in [-0.1, -0.05) is 25.1 Å². The highest BCUT2D eigenvalue weighted by molar-refractivity contribution is 6.10. The van der Waals surface area contributed by atoms with E-state index in [0.717, 1.165) is 78.2 Å². The number of fused-ring (bicyclic) bond motifs is 1. The van der Waals surface area contributed by atoms with Crippen molar-refractivity contribution in [3.05, 3.63) is 53.7 Å². The minimum atomic E-state index is 0.135. The third-order valence-corrected chi connectivity index (χ3v) is 7.00. The molecule has 2 fully saturated rings. The van der Waals surface area contributed by atoms with Gasteiger partial charge < -0.3 is 16.2 Å². The Kier molecular flexibility index (Phi) is 5.60. The van der Waals surface area contributed by atoms with Crippen molar-refractivity contribution in [1.82, 2.24) is 4.98 Å². The van der Waals surface area contributed by atoms with E-state index in [1.165, 1.54) is 0 Å². The highest BCUT2D eigenvalue weighted by atomic mass is 16.3. The van der Waals surface area contributed by atoms with Crippen LogP contribution in [-0.2, 0) is 6.42 Å². The van der Waals surface area contributed by atoms with Crippen LogP contribution in [0.5, 0.6) is 5.75 Å². The number of ketones is 1. The van der Waals surface area contributed by atoms with E-state index >= 15 is 0 Å². The van der Waals surface area contributed by atoms with Crippen LogP contribution in [0.15, 0.2) is 42.6 Å². The fourth-order valence-corrected chi connectivity index (χ4v) is 4.79. The number of phenols is 1. The van der Waals surface area contributed by atoms with Crippen LogP contribution in [0, 0.1) is 5.92 Å². The van der Waals surface area contributed by atoms with Crippen LogP contribution in [-0.4, -0.2) is 28.0 Å². The molecule has 0 radical (unpaired) electrons. The van der Waals surface area contributed by atoms with Gasteiger partial charge in [0.25, 0.3) is 0 Å². The summed E-state index contributed by atoms with van der Waals surface area (Å²) in [5.74, 6) is 0.652. The second-order valence-corrected chi connectivity index (χ2v) is 9.37. The maximum atomic E-state index is 13.1. The van der Waals surface area contributed by atoms with Crippen molar-refractivity contribution < 1.29 is 9.90 Å². The molecule has 2 aliphatic carbocycles. The lowest BCUT2D eigenvalue weighted by molar-refractivity contribution is 0.0968. The molecule has 2 saturated carbocycles. The summed E-state index contributed by atoms with van der Waals surface area (Å²) in [4.78, 5) is 17.7. The van der Waals surface area contributed by atoms with E-state index in [2.05, 4.69) is 16.4 Å². The van der Waals surface area contributed by atoms with Gasteiger partial charge in [0.15, 0.2) is 5.78 Å². The zero-order valence-electron chi connectivity index (χ0n) is 18.6. The van der Waals surface area contributed by atoms with E-state index in [0.29, 0.717) is 17.4 Å². The van der Waals surface area contributed by atoms with E-state index < -0.39 is 0 Å². The topological polar surface area (TPSA) is 88.2 Å². The molecule has 0 amide bonds. The van der Waals surface area contributed by atoms with E-state index in [4.69, 9.17) is 5.73 Å². The molecule has 3 aromatic rings. The SMILES string of the molecule is CCc1ccc(-c2ccc3ncc(C(=O)C4CC4)c(NC4CCC(N)CC4)c3c2)cc1O. The van der Waals surface area contributed by atoms with Crippen molar-refractivity contribution in [2.24, 2.45) is 11.7 Å².